The molecule has 0 fully saturated rings. The molecule has 2 N–H and O–H groups in total. The van der Waals surface area contributed by atoms with E-state index in [1.165, 1.54) is 18.2 Å². The van der Waals surface area contributed by atoms with Crippen LogP contribution in [-0.2, 0) is 11.3 Å². The minimum absolute atomic E-state index is 0.00152. The minimum Gasteiger partial charge on any atom is -0.477 e. The van der Waals surface area contributed by atoms with Gasteiger partial charge in [-0.2, -0.15) is 5.10 Å². The number of nitrogens with zero attached hydrogens (tertiary/aromatic N) is 2. The molecule has 0 aliphatic heterocycles. The summed E-state index contributed by atoms with van der Waals surface area (Å²) in [5.74, 6) is -2.13. The fourth-order valence-corrected chi connectivity index (χ4v) is 2.29. The predicted octanol–water partition coefficient (Wildman–Crippen LogP) is 3.46. The van der Waals surface area contributed by atoms with Gasteiger partial charge < -0.3 is 9.84 Å². The SMILES string of the molecule is O=C(Nc1c(C(=O)O)cnn1-c1ccccc1F)OCc1ccccc1. The Balaban J connectivity index is 1.84. The van der Waals surface area contributed by atoms with Crippen molar-refractivity contribution in [1.82, 2.24) is 9.78 Å². The summed E-state index contributed by atoms with van der Waals surface area (Å²) in [5.41, 5.74) is 0.479. The second kappa shape index (κ2) is 7.47. The first kappa shape index (κ1) is 17.2. The molecule has 8 heteroatoms. The molecule has 0 aliphatic carbocycles. The number of halogens is 1. The standard InChI is InChI=1S/C18H14FN3O4/c19-14-8-4-5-9-15(14)22-16(13(10-20-22)17(23)24)21-18(25)26-11-12-6-2-1-3-7-12/h1-10H,11H2,(H,21,25)(H,23,24). The van der Waals surface area contributed by atoms with Crippen molar-refractivity contribution in [2.45, 2.75) is 6.61 Å². The lowest BCUT2D eigenvalue weighted by atomic mass is 10.2. The van der Waals surface area contributed by atoms with Gasteiger partial charge in [0.05, 0.1) is 6.20 Å². The molecule has 3 aromatic rings. The molecule has 0 saturated carbocycles. The number of ether oxygens (including phenoxy) is 1. The fourth-order valence-electron chi connectivity index (χ4n) is 2.29. The van der Waals surface area contributed by atoms with E-state index >= 15 is 0 Å². The molecule has 132 valence electrons. The first-order chi connectivity index (χ1) is 12.6. The third-order valence-electron chi connectivity index (χ3n) is 3.51. The number of hydrogen-bond donors (Lipinski definition) is 2. The zero-order chi connectivity index (χ0) is 18.5. The smallest absolute Gasteiger partial charge is 0.413 e. The number of carbonyl (C=O) groups excluding carboxylic acids is 1. The van der Waals surface area contributed by atoms with Crippen molar-refractivity contribution in [1.29, 1.82) is 0 Å². The number of aromatic carboxylic acids is 1. The number of carboxylic acid groups (broad SMARTS) is 1. The van der Waals surface area contributed by atoms with E-state index in [2.05, 4.69) is 10.4 Å². The number of aromatic nitrogens is 2. The van der Waals surface area contributed by atoms with Gasteiger partial charge in [0.25, 0.3) is 0 Å². The van der Waals surface area contributed by atoms with E-state index in [9.17, 15) is 19.1 Å². The van der Waals surface area contributed by atoms with Gasteiger partial charge in [-0.25, -0.2) is 18.7 Å². The monoisotopic (exact) mass is 355 g/mol. The molecule has 1 amide bonds. The van der Waals surface area contributed by atoms with Crippen molar-refractivity contribution in [3.8, 4) is 5.69 Å². The molecule has 0 saturated heterocycles. The van der Waals surface area contributed by atoms with Gasteiger partial charge in [0.2, 0.25) is 0 Å². The molecule has 3 rings (SSSR count). The van der Waals surface area contributed by atoms with Gasteiger partial charge in [-0.05, 0) is 17.7 Å². The van der Waals surface area contributed by atoms with Crippen LogP contribution in [0.4, 0.5) is 15.0 Å². The molecule has 0 bridgehead atoms. The Hall–Kier alpha value is -3.68. The summed E-state index contributed by atoms with van der Waals surface area (Å²) in [6, 6.07) is 14.6. The minimum atomic E-state index is -1.31. The number of nitrogens with one attached hydrogen (secondary N) is 1. The molecular formula is C18H14FN3O4. The van der Waals surface area contributed by atoms with Gasteiger partial charge in [-0.1, -0.05) is 42.5 Å². The maximum Gasteiger partial charge on any atom is 0.413 e. The lowest BCUT2D eigenvalue weighted by Crippen LogP contribution is -2.18. The van der Waals surface area contributed by atoms with Crippen LogP contribution in [0, 0.1) is 5.82 Å². The zero-order valence-corrected chi connectivity index (χ0v) is 13.4. The molecule has 7 nitrogen and oxygen atoms in total. The van der Waals surface area contributed by atoms with Crippen LogP contribution in [0.5, 0.6) is 0 Å². The molecular weight excluding hydrogens is 341 g/mol. The van der Waals surface area contributed by atoms with E-state index < -0.39 is 17.9 Å². The summed E-state index contributed by atoms with van der Waals surface area (Å²) in [6.07, 6.45) is 0.149. The molecule has 2 aromatic carbocycles. The highest BCUT2D eigenvalue weighted by molar-refractivity contribution is 5.97. The van der Waals surface area contributed by atoms with E-state index in [0.29, 0.717) is 0 Å². The predicted molar refractivity (Wildman–Crippen MR) is 90.7 cm³/mol. The number of hydrogen-bond acceptors (Lipinski definition) is 4. The Labute approximate surface area is 147 Å². The third kappa shape index (κ3) is 3.69. The van der Waals surface area contributed by atoms with Crippen molar-refractivity contribution >= 4 is 17.9 Å². The Kier molecular flexibility index (Phi) is 4.93. The third-order valence-corrected chi connectivity index (χ3v) is 3.51. The first-order valence-electron chi connectivity index (χ1n) is 7.60. The number of benzene rings is 2. The molecule has 26 heavy (non-hydrogen) atoms. The fraction of sp³-hybridized carbons (Fsp3) is 0.0556. The van der Waals surface area contributed by atoms with Gasteiger partial charge in [-0.15, -0.1) is 0 Å². The van der Waals surface area contributed by atoms with Crippen molar-refractivity contribution in [3.05, 3.63) is 77.7 Å². The van der Waals surface area contributed by atoms with Gasteiger partial charge >= 0.3 is 12.1 Å². The van der Waals surface area contributed by atoms with Crippen LogP contribution >= 0.6 is 0 Å². The second-order valence-corrected chi connectivity index (χ2v) is 5.26. The molecule has 0 atom stereocenters. The summed E-state index contributed by atoms with van der Waals surface area (Å²) in [4.78, 5) is 23.4. The van der Waals surface area contributed by atoms with Crippen LogP contribution < -0.4 is 5.32 Å². The summed E-state index contributed by atoms with van der Waals surface area (Å²) in [5, 5.41) is 15.5. The number of carboxylic acids is 1. The van der Waals surface area contributed by atoms with E-state index in [-0.39, 0.29) is 23.7 Å². The lowest BCUT2D eigenvalue weighted by molar-refractivity contribution is 0.0698. The normalized spacial score (nSPS) is 10.3. The number of carbonyl (C=O) groups is 2. The van der Waals surface area contributed by atoms with E-state index in [1.807, 2.05) is 6.07 Å². The van der Waals surface area contributed by atoms with Crippen LogP contribution in [0.15, 0.2) is 60.8 Å². The van der Waals surface area contributed by atoms with Crippen molar-refractivity contribution in [2.75, 3.05) is 5.32 Å². The first-order valence-corrected chi connectivity index (χ1v) is 7.60. The molecule has 1 aromatic heterocycles. The molecule has 1 heterocycles. The lowest BCUT2D eigenvalue weighted by Gasteiger charge is -2.11. The van der Waals surface area contributed by atoms with Crippen LogP contribution in [0.2, 0.25) is 0 Å². The quantitative estimate of drug-likeness (QED) is 0.731. The van der Waals surface area contributed by atoms with E-state index in [4.69, 9.17) is 4.74 Å². The zero-order valence-electron chi connectivity index (χ0n) is 13.4. The highest BCUT2D eigenvalue weighted by Gasteiger charge is 2.21. The number of amides is 1. The Morgan fingerprint density at radius 3 is 2.50 bits per heavy atom. The molecule has 0 aliphatic rings. The summed E-state index contributed by atoms with van der Waals surface area (Å²) >= 11 is 0. The topological polar surface area (TPSA) is 93.5 Å². The Bertz CT molecular complexity index is 941. The number of anilines is 1. The van der Waals surface area contributed by atoms with Crippen LogP contribution in [0.3, 0.4) is 0 Å². The van der Waals surface area contributed by atoms with Gasteiger partial charge in [0.1, 0.15) is 23.7 Å². The van der Waals surface area contributed by atoms with Gasteiger partial charge in [0.15, 0.2) is 5.82 Å². The number of rotatable bonds is 5. The van der Waals surface area contributed by atoms with E-state index in [0.717, 1.165) is 16.4 Å². The van der Waals surface area contributed by atoms with Crippen molar-refractivity contribution in [3.63, 3.8) is 0 Å². The van der Waals surface area contributed by atoms with Gasteiger partial charge in [0, 0.05) is 0 Å². The molecule has 0 unspecified atom stereocenters. The highest BCUT2D eigenvalue weighted by Crippen LogP contribution is 2.22. The summed E-state index contributed by atoms with van der Waals surface area (Å²) in [7, 11) is 0. The van der Waals surface area contributed by atoms with E-state index in [1.54, 1.807) is 30.3 Å². The van der Waals surface area contributed by atoms with Crippen molar-refractivity contribution in [2.24, 2.45) is 0 Å². The Morgan fingerprint density at radius 2 is 1.81 bits per heavy atom. The average molecular weight is 355 g/mol. The molecule has 0 radical (unpaired) electrons. The van der Waals surface area contributed by atoms with Crippen LogP contribution in [-0.4, -0.2) is 26.9 Å². The Morgan fingerprint density at radius 1 is 1.12 bits per heavy atom. The second-order valence-electron chi connectivity index (χ2n) is 5.26. The van der Waals surface area contributed by atoms with Crippen LogP contribution in [0.25, 0.3) is 5.69 Å². The maximum absolute atomic E-state index is 14.0. The highest BCUT2D eigenvalue weighted by atomic mass is 19.1. The van der Waals surface area contributed by atoms with Crippen LogP contribution in [0.1, 0.15) is 15.9 Å². The maximum atomic E-state index is 14.0. The van der Waals surface area contributed by atoms with Crippen molar-refractivity contribution < 1.29 is 23.8 Å². The largest absolute Gasteiger partial charge is 0.477 e. The average Bonchev–Trinajstić information content (AvgIpc) is 3.05. The van der Waals surface area contributed by atoms with Gasteiger partial charge in [-0.3, -0.25) is 5.32 Å². The summed E-state index contributed by atoms with van der Waals surface area (Å²) < 4.78 is 20.1. The number of para-hydroxylation sites is 1. The molecule has 0 spiro atoms. The summed E-state index contributed by atoms with van der Waals surface area (Å²) in [6.45, 7) is 0.00289.